The number of halogens is 1. The van der Waals surface area contributed by atoms with Crippen LogP contribution >= 0.6 is 46.2 Å². The first kappa shape index (κ1) is 27.8. The molecule has 1 N–H and O–H groups in total. The minimum absolute atomic E-state index is 0.0322. The van der Waals surface area contributed by atoms with E-state index >= 15 is 0 Å². The highest BCUT2D eigenvalue weighted by Crippen LogP contribution is 2.37. The molecule has 2 unspecified atom stereocenters. The van der Waals surface area contributed by atoms with Gasteiger partial charge in [0, 0.05) is 10.6 Å². The predicted octanol–water partition coefficient (Wildman–Crippen LogP) is 3.01. The standard InChI is InChI=1S/C24H21ClN4O6S4/c1-34-15-6-4-13(5-7-15)10-35-22(32)19-14(11-37-24-27-23(25)28-38-24)12-39(33)21-18(20(31)29(19)21)26-17(30)9-16-3-2-8-36-16/h2-8,18,21H,9-12H2,1H3,(H,26,30)/t18?,21-,39?/m1/s1. The zero-order valence-electron chi connectivity index (χ0n) is 20.3. The molecule has 1 saturated heterocycles. The van der Waals surface area contributed by atoms with Gasteiger partial charge in [0.15, 0.2) is 4.34 Å². The van der Waals surface area contributed by atoms with Crippen LogP contribution in [0, 0.1) is 0 Å². The predicted molar refractivity (Wildman–Crippen MR) is 149 cm³/mol. The minimum Gasteiger partial charge on any atom is -0.497 e. The molecule has 15 heteroatoms. The number of nitrogens with zero attached hydrogens (tertiary/aromatic N) is 3. The van der Waals surface area contributed by atoms with E-state index in [0.29, 0.717) is 15.7 Å². The van der Waals surface area contributed by atoms with Crippen molar-refractivity contribution in [3.05, 3.63) is 68.8 Å². The Bertz CT molecular complexity index is 1440. The van der Waals surface area contributed by atoms with Gasteiger partial charge in [-0.15, -0.1) is 11.3 Å². The molecule has 5 rings (SSSR count). The first-order chi connectivity index (χ1) is 18.8. The highest BCUT2D eigenvalue weighted by Gasteiger charge is 2.57. The van der Waals surface area contributed by atoms with E-state index in [-0.39, 0.29) is 41.4 Å². The Balaban J connectivity index is 1.35. The lowest BCUT2D eigenvalue weighted by Crippen LogP contribution is -2.73. The molecule has 3 aromatic rings. The summed E-state index contributed by atoms with van der Waals surface area (Å²) in [4.78, 5) is 45.3. The average molecular weight is 625 g/mol. The number of benzene rings is 1. The summed E-state index contributed by atoms with van der Waals surface area (Å²) in [6.45, 7) is -0.0322. The monoisotopic (exact) mass is 624 g/mol. The van der Waals surface area contributed by atoms with Gasteiger partial charge >= 0.3 is 5.97 Å². The summed E-state index contributed by atoms with van der Waals surface area (Å²) < 4.78 is 28.5. The molecule has 0 saturated carbocycles. The topological polar surface area (TPSA) is 128 Å². The van der Waals surface area contributed by atoms with Crippen LogP contribution in [0.1, 0.15) is 10.4 Å². The fourth-order valence-electron chi connectivity index (χ4n) is 4.09. The second-order valence-electron chi connectivity index (χ2n) is 8.42. The van der Waals surface area contributed by atoms with Crippen LogP contribution in [-0.4, -0.2) is 66.3 Å². The van der Waals surface area contributed by atoms with E-state index in [1.807, 2.05) is 17.5 Å². The molecule has 0 bridgehead atoms. The summed E-state index contributed by atoms with van der Waals surface area (Å²) in [5.41, 5.74) is 1.26. The number of rotatable bonds is 10. The van der Waals surface area contributed by atoms with Crippen molar-refractivity contribution in [3.63, 3.8) is 0 Å². The van der Waals surface area contributed by atoms with Crippen LogP contribution in [0.15, 0.2) is 57.4 Å². The minimum atomic E-state index is -1.56. The summed E-state index contributed by atoms with van der Waals surface area (Å²) in [6, 6.07) is 9.71. The van der Waals surface area contributed by atoms with Crippen molar-refractivity contribution in [2.75, 3.05) is 18.6 Å². The van der Waals surface area contributed by atoms with E-state index in [2.05, 4.69) is 14.7 Å². The van der Waals surface area contributed by atoms with Crippen molar-refractivity contribution in [2.45, 2.75) is 28.8 Å². The quantitative estimate of drug-likeness (QED) is 0.206. The van der Waals surface area contributed by atoms with Crippen molar-refractivity contribution in [3.8, 4) is 5.75 Å². The van der Waals surface area contributed by atoms with Gasteiger partial charge in [-0.25, -0.2) is 4.79 Å². The zero-order chi connectivity index (χ0) is 27.5. The first-order valence-corrected chi connectivity index (χ1v) is 15.9. The Kier molecular flexibility index (Phi) is 8.67. The summed E-state index contributed by atoms with van der Waals surface area (Å²) in [5.74, 6) is -0.635. The number of thiophene rings is 1. The average Bonchev–Trinajstić information content (AvgIpc) is 3.60. The Hall–Kier alpha value is -2.78. The number of aromatic nitrogens is 2. The Labute approximate surface area is 243 Å². The fourth-order valence-corrected chi connectivity index (χ4v) is 8.40. The lowest BCUT2D eigenvalue weighted by atomic mass is 10.0. The van der Waals surface area contributed by atoms with Crippen LogP contribution in [0.25, 0.3) is 0 Å². The number of ether oxygens (including phenoxy) is 2. The van der Waals surface area contributed by atoms with Gasteiger partial charge in [-0.2, -0.15) is 9.36 Å². The van der Waals surface area contributed by atoms with Gasteiger partial charge in [-0.1, -0.05) is 30.0 Å². The van der Waals surface area contributed by atoms with Crippen molar-refractivity contribution in [1.82, 2.24) is 19.6 Å². The number of methoxy groups -OCH3 is 1. The summed E-state index contributed by atoms with van der Waals surface area (Å²) in [5, 5.41) is 3.81. The van der Waals surface area contributed by atoms with Crippen LogP contribution < -0.4 is 10.1 Å². The van der Waals surface area contributed by atoms with E-state index in [1.54, 1.807) is 31.4 Å². The van der Waals surface area contributed by atoms with Crippen molar-refractivity contribution >= 4 is 74.8 Å². The van der Waals surface area contributed by atoms with Gasteiger partial charge in [0.1, 0.15) is 29.5 Å². The maximum atomic E-state index is 13.4. The highest BCUT2D eigenvalue weighted by molar-refractivity contribution is 8.01. The molecule has 2 aliphatic rings. The molecule has 0 radical (unpaired) electrons. The van der Waals surface area contributed by atoms with Crippen molar-refractivity contribution in [2.24, 2.45) is 0 Å². The number of amides is 2. The maximum Gasteiger partial charge on any atom is 0.355 e. The Morgan fingerprint density at radius 2 is 2.08 bits per heavy atom. The third-order valence-electron chi connectivity index (χ3n) is 5.91. The number of fused-ring (bicyclic) bond motifs is 1. The van der Waals surface area contributed by atoms with Crippen LogP contribution in [0.4, 0.5) is 0 Å². The SMILES string of the molecule is COc1ccc(COC(=O)C2=C(CSc3nc(Cl)ns3)CS(=O)[C@@H]3C(NC(=O)Cc4cccs4)C(=O)N23)cc1. The maximum absolute atomic E-state index is 13.4. The van der Waals surface area contributed by atoms with E-state index in [9.17, 15) is 18.6 Å². The lowest BCUT2D eigenvalue weighted by Gasteiger charge is -2.49. The molecule has 1 fully saturated rings. The molecule has 2 amide bonds. The highest BCUT2D eigenvalue weighted by atomic mass is 35.5. The third kappa shape index (κ3) is 6.19. The molecule has 10 nitrogen and oxygen atoms in total. The van der Waals surface area contributed by atoms with Gasteiger partial charge in [0.2, 0.25) is 11.2 Å². The lowest BCUT2D eigenvalue weighted by molar-refractivity contribution is -0.153. The number of β-lactam (4-membered cyclic amide) rings is 1. The molecule has 39 heavy (non-hydrogen) atoms. The molecule has 4 heterocycles. The van der Waals surface area contributed by atoms with Gasteiger partial charge in [0.05, 0.1) is 30.1 Å². The number of hydrogen-bond donors (Lipinski definition) is 1. The number of carbonyl (C=O) groups is 3. The van der Waals surface area contributed by atoms with Gasteiger partial charge in [-0.05, 0) is 57.8 Å². The van der Waals surface area contributed by atoms with Crippen molar-refractivity contribution in [1.29, 1.82) is 0 Å². The first-order valence-electron chi connectivity index (χ1n) is 11.5. The molecular weight excluding hydrogens is 604 g/mol. The molecule has 2 aliphatic heterocycles. The second kappa shape index (κ2) is 12.2. The van der Waals surface area contributed by atoms with Gasteiger partial charge in [-0.3, -0.25) is 18.7 Å². The zero-order valence-corrected chi connectivity index (χ0v) is 24.3. The number of esters is 1. The van der Waals surface area contributed by atoms with Crippen LogP contribution in [0.2, 0.25) is 5.28 Å². The molecule has 0 spiro atoms. The summed E-state index contributed by atoms with van der Waals surface area (Å²) >= 11 is 9.63. The molecule has 1 aromatic carbocycles. The smallest absolute Gasteiger partial charge is 0.355 e. The van der Waals surface area contributed by atoms with Gasteiger partial charge < -0.3 is 14.8 Å². The summed E-state index contributed by atoms with van der Waals surface area (Å²) in [7, 11) is 0.00131. The fraction of sp³-hybridized carbons (Fsp3) is 0.292. The van der Waals surface area contributed by atoms with E-state index in [4.69, 9.17) is 21.1 Å². The van der Waals surface area contributed by atoms with Gasteiger partial charge in [0.25, 0.3) is 5.91 Å². The molecule has 3 atom stereocenters. The van der Waals surface area contributed by atoms with E-state index in [0.717, 1.165) is 22.0 Å². The van der Waals surface area contributed by atoms with Crippen LogP contribution in [-0.2, 0) is 42.9 Å². The Morgan fingerprint density at radius 3 is 2.74 bits per heavy atom. The normalized spacial score (nSPS) is 20.3. The van der Waals surface area contributed by atoms with Crippen molar-refractivity contribution < 1.29 is 28.1 Å². The number of thioether (sulfide) groups is 1. The van der Waals surface area contributed by atoms with E-state index < -0.39 is 34.1 Å². The molecule has 2 aromatic heterocycles. The summed E-state index contributed by atoms with van der Waals surface area (Å²) in [6.07, 6.45) is 0.111. The second-order valence-corrected chi connectivity index (χ2v) is 13.3. The largest absolute Gasteiger partial charge is 0.497 e. The van der Waals surface area contributed by atoms with E-state index in [1.165, 1.54) is 28.0 Å². The third-order valence-corrected chi connectivity index (χ3v) is 10.6. The number of carbonyl (C=O) groups excluding carboxylic acids is 3. The van der Waals surface area contributed by atoms with Crippen LogP contribution in [0.3, 0.4) is 0 Å². The molecular formula is C24H21ClN4O6S4. The molecule has 0 aliphatic carbocycles. The molecule has 204 valence electrons. The Morgan fingerprint density at radius 1 is 1.28 bits per heavy atom. The number of nitrogens with one attached hydrogen (secondary N) is 1. The van der Waals surface area contributed by atoms with Crippen LogP contribution in [0.5, 0.6) is 5.75 Å². The number of hydrogen-bond acceptors (Lipinski definition) is 11.